The van der Waals surface area contributed by atoms with E-state index in [1.807, 2.05) is 0 Å². The average Bonchev–Trinajstić information content (AvgIpc) is 2.23. The highest BCUT2D eigenvalue weighted by Crippen LogP contribution is 2.08. The van der Waals surface area contributed by atoms with Crippen LogP contribution in [-0.4, -0.2) is 66.8 Å². The number of nitrogens with zero attached hydrogens (tertiary/aromatic N) is 2. The predicted octanol–water partition coefficient (Wildman–Crippen LogP) is 0.704. The summed E-state index contributed by atoms with van der Waals surface area (Å²) < 4.78 is 5.79. The van der Waals surface area contributed by atoms with Gasteiger partial charge in [0.15, 0.2) is 0 Å². The lowest BCUT2D eigenvalue weighted by Crippen LogP contribution is -2.48. The molecule has 1 atom stereocenters. The third kappa shape index (κ3) is 5.77. The molecule has 4 nitrogen and oxygen atoms in total. The lowest BCUT2D eigenvalue weighted by Gasteiger charge is -2.35. The van der Waals surface area contributed by atoms with Crippen LogP contribution in [0.5, 0.6) is 0 Å². The first kappa shape index (κ1) is 14.8. The highest BCUT2D eigenvalue weighted by molar-refractivity contribution is 7.80. The van der Waals surface area contributed by atoms with Crippen molar-refractivity contribution >= 4 is 17.2 Å². The van der Waals surface area contributed by atoms with Crippen LogP contribution >= 0.6 is 12.2 Å². The summed E-state index contributed by atoms with van der Waals surface area (Å²) in [5, 5.41) is 0. The largest absolute Gasteiger partial charge is 0.393 e. The van der Waals surface area contributed by atoms with Crippen molar-refractivity contribution in [3.63, 3.8) is 0 Å². The van der Waals surface area contributed by atoms with E-state index in [0.29, 0.717) is 17.1 Å². The van der Waals surface area contributed by atoms with Gasteiger partial charge < -0.3 is 15.4 Å². The van der Waals surface area contributed by atoms with Gasteiger partial charge in [0.05, 0.1) is 17.7 Å². The van der Waals surface area contributed by atoms with Gasteiger partial charge in [-0.1, -0.05) is 12.2 Å². The number of thiocarbonyl (C=S) groups is 1. The molecule has 0 amide bonds. The van der Waals surface area contributed by atoms with E-state index >= 15 is 0 Å². The summed E-state index contributed by atoms with van der Waals surface area (Å²) in [6.07, 6.45) is 1.10. The Kier molecular flexibility index (Phi) is 6.33. The summed E-state index contributed by atoms with van der Waals surface area (Å²) in [5.74, 6) is 0. The van der Waals surface area contributed by atoms with Crippen LogP contribution in [0.4, 0.5) is 0 Å². The van der Waals surface area contributed by atoms with E-state index in [9.17, 15) is 0 Å². The molecule has 0 saturated carbocycles. The fourth-order valence-corrected chi connectivity index (χ4v) is 2.14. The fraction of sp³-hybridized carbons (Fsp3) is 0.917. The highest BCUT2D eigenvalue weighted by atomic mass is 32.1. The Labute approximate surface area is 110 Å². The van der Waals surface area contributed by atoms with Crippen LogP contribution in [0.3, 0.4) is 0 Å². The maximum Gasteiger partial charge on any atom is 0.0829 e. The van der Waals surface area contributed by atoms with Gasteiger partial charge in [-0.05, 0) is 20.9 Å². The summed E-state index contributed by atoms with van der Waals surface area (Å²) in [6, 6.07) is 0.500. The number of ether oxygens (including phenoxy) is 1. The van der Waals surface area contributed by atoms with E-state index in [0.717, 1.165) is 39.2 Å². The van der Waals surface area contributed by atoms with Gasteiger partial charge in [-0.2, -0.15) is 0 Å². The minimum atomic E-state index is 0.308. The second-order valence-corrected chi connectivity index (χ2v) is 5.58. The topological polar surface area (TPSA) is 41.7 Å². The predicted molar refractivity (Wildman–Crippen MR) is 75.3 cm³/mol. The van der Waals surface area contributed by atoms with Crippen LogP contribution in [0.15, 0.2) is 0 Å². The minimum absolute atomic E-state index is 0.308. The molecule has 0 aromatic carbocycles. The number of morpholine rings is 1. The zero-order valence-corrected chi connectivity index (χ0v) is 12.0. The van der Waals surface area contributed by atoms with Gasteiger partial charge in [-0.3, -0.25) is 4.90 Å². The Bertz CT molecular complexity index is 248. The Hall–Kier alpha value is -0.230. The molecule has 0 bridgehead atoms. The molecule has 1 aliphatic heterocycles. The number of hydrogen-bond acceptors (Lipinski definition) is 4. The molecule has 1 rings (SSSR count). The second-order valence-electron chi connectivity index (χ2n) is 5.06. The molecule has 2 N–H and O–H groups in total. The second kappa shape index (κ2) is 7.26. The molecule has 1 saturated heterocycles. The number of nitrogens with two attached hydrogens (primary N) is 1. The van der Waals surface area contributed by atoms with Gasteiger partial charge in [0.1, 0.15) is 0 Å². The third-order valence-corrected chi connectivity index (χ3v) is 3.36. The molecular formula is C12H25N3OS. The number of hydrogen-bond donors (Lipinski definition) is 1. The van der Waals surface area contributed by atoms with Crippen LogP contribution in [0.1, 0.15) is 20.3 Å². The molecule has 0 radical (unpaired) electrons. The maximum absolute atomic E-state index is 5.79. The minimum Gasteiger partial charge on any atom is -0.393 e. The summed E-state index contributed by atoms with van der Waals surface area (Å²) in [4.78, 5) is 5.31. The zero-order chi connectivity index (χ0) is 12.8. The lowest BCUT2D eigenvalue weighted by atomic mass is 10.2. The van der Waals surface area contributed by atoms with Crippen molar-refractivity contribution in [2.75, 3.05) is 39.8 Å². The van der Waals surface area contributed by atoms with Crippen LogP contribution < -0.4 is 5.73 Å². The fourth-order valence-electron chi connectivity index (χ4n) is 2.05. The zero-order valence-electron chi connectivity index (χ0n) is 11.2. The number of likely N-dealkylation sites (N-methyl/N-ethyl adjacent to an activating group) is 1. The molecule has 1 aliphatic rings. The molecule has 100 valence electrons. The van der Waals surface area contributed by atoms with E-state index in [-0.39, 0.29) is 0 Å². The molecule has 0 aromatic rings. The van der Waals surface area contributed by atoms with Crippen LogP contribution in [0, 0.1) is 0 Å². The van der Waals surface area contributed by atoms with Gasteiger partial charge in [-0.25, -0.2) is 0 Å². The van der Waals surface area contributed by atoms with Gasteiger partial charge in [0, 0.05) is 38.6 Å². The van der Waals surface area contributed by atoms with E-state index in [1.54, 1.807) is 0 Å². The van der Waals surface area contributed by atoms with E-state index in [4.69, 9.17) is 22.7 Å². The average molecular weight is 259 g/mol. The molecule has 17 heavy (non-hydrogen) atoms. The molecule has 1 heterocycles. The Morgan fingerprint density at radius 3 is 2.82 bits per heavy atom. The smallest absolute Gasteiger partial charge is 0.0829 e. The summed E-state index contributed by atoms with van der Waals surface area (Å²) in [6.45, 7) is 9.17. The summed E-state index contributed by atoms with van der Waals surface area (Å²) in [7, 11) is 2.14. The Morgan fingerprint density at radius 1 is 1.59 bits per heavy atom. The number of rotatable bonds is 6. The molecular weight excluding hydrogens is 234 g/mol. The van der Waals surface area contributed by atoms with E-state index in [2.05, 4.69) is 30.7 Å². The monoisotopic (exact) mass is 259 g/mol. The highest BCUT2D eigenvalue weighted by Gasteiger charge is 2.21. The first-order valence-corrected chi connectivity index (χ1v) is 6.72. The molecule has 0 aliphatic carbocycles. The van der Waals surface area contributed by atoms with E-state index < -0.39 is 0 Å². The third-order valence-electron chi connectivity index (χ3n) is 3.16. The van der Waals surface area contributed by atoms with Crippen molar-refractivity contribution in [3.05, 3.63) is 0 Å². The first-order chi connectivity index (χ1) is 7.99. The van der Waals surface area contributed by atoms with Crippen molar-refractivity contribution in [1.29, 1.82) is 0 Å². The summed E-state index contributed by atoms with van der Waals surface area (Å²) in [5.41, 5.74) is 5.56. The van der Waals surface area contributed by atoms with Crippen LogP contribution in [0.25, 0.3) is 0 Å². The SMILES string of the molecule is CC(C)N(CCC(N)=S)CC1CN(C)CCO1. The van der Waals surface area contributed by atoms with Crippen molar-refractivity contribution in [2.24, 2.45) is 5.73 Å². The molecule has 0 spiro atoms. The molecule has 1 fully saturated rings. The molecule has 0 aromatic heterocycles. The molecule has 5 heteroatoms. The van der Waals surface area contributed by atoms with Gasteiger partial charge in [0.25, 0.3) is 0 Å². The van der Waals surface area contributed by atoms with Crippen LogP contribution in [-0.2, 0) is 4.74 Å². The van der Waals surface area contributed by atoms with Crippen molar-refractivity contribution in [3.8, 4) is 0 Å². The Morgan fingerprint density at radius 2 is 2.29 bits per heavy atom. The first-order valence-electron chi connectivity index (χ1n) is 6.31. The normalized spacial score (nSPS) is 22.3. The Balaban J connectivity index is 2.39. The van der Waals surface area contributed by atoms with Crippen molar-refractivity contribution in [2.45, 2.75) is 32.4 Å². The lowest BCUT2D eigenvalue weighted by molar-refractivity contribution is -0.0391. The van der Waals surface area contributed by atoms with Gasteiger partial charge >= 0.3 is 0 Å². The van der Waals surface area contributed by atoms with E-state index in [1.165, 1.54) is 0 Å². The van der Waals surface area contributed by atoms with Gasteiger partial charge in [-0.15, -0.1) is 0 Å². The van der Waals surface area contributed by atoms with Crippen molar-refractivity contribution in [1.82, 2.24) is 9.80 Å². The standard InChI is InChI=1S/C12H25N3OS/c1-10(2)15(5-4-12(13)17)9-11-8-14(3)6-7-16-11/h10-11H,4-9H2,1-3H3,(H2,13,17). The van der Waals surface area contributed by atoms with Gasteiger partial charge in [0.2, 0.25) is 0 Å². The van der Waals surface area contributed by atoms with Crippen LogP contribution in [0.2, 0.25) is 0 Å². The molecule has 1 unspecified atom stereocenters. The maximum atomic E-state index is 5.79. The summed E-state index contributed by atoms with van der Waals surface area (Å²) >= 11 is 4.94. The van der Waals surface area contributed by atoms with Crippen molar-refractivity contribution < 1.29 is 4.74 Å². The quantitative estimate of drug-likeness (QED) is 0.711.